The molecular weight excluding hydrogens is 332 g/mol. The molecule has 1 N–H and O–H groups in total. The summed E-state index contributed by atoms with van der Waals surface area (Å²) < 4.78 is 11.5. The van der Waals surface area contributed by atoms with Crippen LogP contribution < -0.4 is 4.74 Å². The SMILES string of the molecule is N#Cc1cc2c(nn1)[C@@H](Oc1ccc3[nH]nc(-c4cnco4)c3c1)CC2. The van der Waals surface area contributed by atoms with Crippen LogP contribution in [0.3, 0.4) is 0 Å². The highest BCUT2D eigenvalue weighted by molar-refractivity contribution is 5.92. The number of oxazole rings is 1. The molecule has 0 unspecified atom stereocenters. The first kappa shape index (κ1) is 14.6. The molecule has 3 heterocycles. The van der Waals surface area contributed by atoms with Crippen LogP contribution in [0.1, 0.15) is 29.5 Å². The zero-order valence-corrected chi connectivity index (χ0v) is 13.5. The normalized spacial score (nSPS) is 15.7. The summed E-state index contributed by atoms with van der Waals surface area (Å²) in [6, 6.07) is 9.53. The molecule has 0 saturated heterocycles. The van der Waals surface area contributed by atoms with Crippen molar-refractivity contribution in [2.75, 3.05) is 0 Å². The molecule has 0 radical (unpaired) electrons. The van der Waals surface area contributed by atoms with Crippen LogP contribution in [0.2, 0.25) is 0 Å². The van der Waals surface area contributed by atoms with Gasteiger partial charge in [-0.25, -0.2) is 4.98 Å². The molecule has 1 aliphatic carbocycles. The molecule has 26 heavy (non-hydrogen) atoms. The number of benzene rings is 1. The Hall–Kier alpha value is -3.73. The zero-order chi connectivity index (χ0) is 17.5. The second-order valence-corrected chi connectivity index (χ2v) is 6.04. The average molecular weight is 344 g/mol. The van der Waals surface area contributed by atoms with Crippen LogP contribution in [-0.2, 0) is 6.42 Å². The number of nitrogens with one attached hydrogen (secondary N) is 1. The summed E-state index contributed by atoms with van der Waals surface area (Å²) in [5, 5.41) is 25.2. The van der Waals surface area contributed by atoms with E-state index in [1.807, 2.05) is 24.3 Å². The minimum absolute atomic E-state index is 0.177. The lowest BCUT2D eigenvalue weighted by Gasteiger charge is -2.13. The molecule has 0 aliphatic heterocycles. The van der Waals surface area contributed by atoms with Crippen molar-refractivity contribution in [1.29, 1.82) is 5.26 Å². The minimum atomic E-state index is -0.177. The van der Waals surface area contributed by atoms with Gasteiger partial charge >= 0.3 is 0 Å². The highest BCUT2D eigenvalue weighted by Crippen LogP contribution is 2.35. The predicted molar refractivity (Wildman–Crippen MR) is 90.0 cm³/mol. The van der Waals surface area contributed by atoms with Crippen LogP contribution in [0.25, 0.3) is 22.4 Å². The molecule has 4 aromatic rings. The second kappa shape index (κ2) is 5.67. The van der Waals surface area contributed by atoms with Gasteiger partial charge in [-0.15, -0.1) is 5.10 Å². The van der Waals surface area contributed by atoms with Gasteiger partial charge in [0.25, 0.3) is 0 Å². The molecule has 3 aromatic heterocycles. The van der Waals surface area contributed by atoms with Gasteiger partial charge in [0.2, 0.25) is 0 Å². The molecule has 8 heteroatoms. The summed E-state index contributed by atoms with van der Waals surface area (Å²) in [5.74, 6) is 1.30. The second-order valence-electron chi connectivity index (χ2n) is 6.04. The van der Waals surface area contributed by atoms with E-state index in [0.717, 1.165) is 35.0 Å². The third kappa shape index (κ3) is 2.29. The van der Waals surface area contributed by atoms with Crippen molar-refractivity contribution >= 4 is 10.9 Å². The summed E-state index contributed by atoms with van der Waals surface area (Å²) in [5.41, 5.74) is 3.73. The van der Waals surface area contributed by atoms with E-state index in [1.165, 1.54) is 6.39 Å². The number of hydrogen-bond acceptors (Lipinski definition) is 7. The number of aromatic nitrogens is 5. The van der Waals surface area contributed by atoms with Crippen molar-refractivity contribution in [2.45, 2.75) is 18.9 Å². The maximum absolute atomic E-state index is 8.95. The molecule has 1 aliphatic rings. The molecule has 0 spiro atoms. The van der Waals surface area contributed by atoms with Gasteiger partial charge < -0.3 is 9.15 Å². The quantitative estimate of drug-likeness (QED) is 0.607. The predicted octanol–water partition coefficient (Wildman–Crippen LogP) is 2.95. The lowest BCUT2D eigenvalue weighted by atomic mass is 10.1. The monoisotopic (exact) mass is 344 g/mol. The summed E-state index contributed by atoms with van der Waals surface area (Å²) in [4.78, 5) is 3.94. The topological polar surface area (TPSA) is 114 Å². The Bertz CT molecular complexity index is 1140. The van der Waals surface area contributed by atoms with Crippen LogP contribution in [0, 0.1) is 11.3 Å². The van der Waals surface area contributed by atoms with Gasteiger partial charge in [0.15, 0.2) is 17.8 Å². The van der Waals surface area contributed by atoms with E-state index in [-0.39, 0.29) is 6.10 Å². The van der Waals surface area contributed by atoms with Crippen LogP contribution in [0.15, 0.2) is 41.3 Å². The van der Waals surface area contributed by atoms with Gasteiger partial charge in [-0.05, 0) is 42.7 Å². The van der Waals surface area contributed by atoms with E-state index >= 15 is 0 Å². The van der Waals surface area contributed by atoms with Crippen molar-refractivity contribution in [1.82, 2.24) is 25.4 Å². The molecule has 0 fully saturated rings. The van der Waals surface area contributed by atoms with Gasteiger partial charge in [0.05, 0.1) is 11.7 Å². The highest BCUT2D eigenvalue weighted by atomic mass is 16.5. The Morgan fingerprint density at radius 1 is 1.27 bits per heavy atom. The fourth-order valence-corrected chi connectivity index (χ4v) is 3.26. The first-order chi connectivity index (χ1) is 12.8. The van der Waals surface area contributed by atoms with Crippen molar-refractivity contribution in [3.05, 3.63) is 53.8 Å². The zero-order valence-electron chi connectivity index (χ0n) is 13.5. The molecule has 1 atom stereocenters. The molecular formula is C18H12N6O2. The van der Waals surface area contributed by atoms with Crippen LogP contribution in [-0.4, -0.2) is 25.4 Å². The number of rotatable bonds is 3. The molecule has 1 aromatic carbocycles. The standard InChI is InChI=1S/C18H12N6O2/c19-7-11-5-10-1-4-15(17(10)23-21-11)26-12-2-3-14-13(6-12)18(24-22-14)16-8-20-9-25-16/h2-3,5-6,8-9,15H,1,4H2,(H,22,24)/t15-/m0/s1. The fourth-order valence-electron chi connectivity index (χ4n) is 3.26. The molecule has 126 valence electrons. The van der Waals surface area contributed by atoms with E-state index < -0.39 is 0 Å². The first-order valence-corrected chi connectivity index (χ1v) is 8.12. The van der Waals surface area contributed by atoms with Gasteiger partial charge in [-0.1, -0.05) is 0 Å². The van der Waals surface area contributed by atoms with Crippen molar-refractivity contribution in [3.8, 4) is 23.3 Å². The molecule has 0 saturated carbocycles. The number of ether oxygens (including phenoxy) is 1. The van der Waals surface area contributed by atoms with Crippen LogP contribution >= 0.6 is 0 Å². The number of H-pyrrole nitrogens is 1. The van der Waals surface area contributed by atoms with Crippen molar-refractivity contribution < 1.29 is 9.15 Å². The summed E-state index contributed by atoms with van der Waals surface area (Å²) in [6.45, 7) is 0. The Balaban J connectivity index is 1.48. The molecule has 5 rings (SSSR count). The maximum Gasteiger partial charge on any atom is 0.181 e. The van der Waals surface area contributed by atoms with Gasteiger partial charge in [-0.3, -0.25) is 5.10 Å². The smallest absolute Gasteiger partial charge is 0.181 e. The number of aryl methyl sites for hydroxylation is 1. The van der Waals surface area contributed by atoms with Gasteiger partial charge in [-0.2, -0.15) is 15.5 Å². The Labute approximate surface area is 147 Å². The molecule has 8 nitrogen and oxygen atoms in total. The van der Waals surface area contributed by atoms with Gasteiger partial charge in [0, 0.05) is 5.39 Å². The van der Waals surface area contributed by atoms with Crippen LogP contribution in [0.4, 0.5) is 0 Å². The summed E-state index contributed by atoms with van der Waals surface area (Å²) in [7, 11) is 0. The fraction of sp³-hybridized carbons (Fsp3) is 0.167. The number of nitriles is 1. The number of aromatic amines is 1. The van der Waals surface area contributed by atoms with Crippen molar-refractivity contribution in [3.63, 3.8) is 0 Å². The average Bonchev–Trinajstić information content (AvgIpc) is 3.40. The van der Waals surface area contributed by atoms with Crippen LogP contribution in [0.5, 0.6) is 5.75 Å². The van der Waals surface area contributed by atoms with E-state index in [2.05, 4.69) is 25.4 Å². The number of fused-ring (bicyclic) bond motifs is 2. The maximum atomic E-state index is 8.95. The van der Waals surface area contributed by atoms with E-state index in [0.29, 0.717) is 22.9 Å². The highest BCUT2D eigenvalue weighted by Gasteiger charge is 2.27. The number of nitrogens with zero attached hydrogens (tertiary/aromatic N) is 5. The van der Waals surface area contributed by atoms with Gasteiger partial charge in [0.1, 0.15) is 29.3 Å². The largest absolute Gasteiger partial charge is 0.484 e. The van der Waals surface area contributed by atoms with E-state index in [4.69, 9.17) is 14.4 Å². The Morgan fingerprint density at radius 2 is 2.23 bits per heavy atom. The lowest BCUT2D eigenvalue weighted by Crippen LogP contribution is -2.07. The van der Waals surface area contributed by atoms with E-state index in [9.17, 15) is 0 Å². The molecule has 0 bridgehead atoms. The lowest BCUT2D eigenvalue weighted by molar-refractivity contribution is 0.202. The minimum Gasteiger partial charge on any atom is -0.484 e. The Kier molecular flexibility index (Phi) is 3.18. The molecule has 0 amide bonds. The van der Waals surface area contributed by atoms with E-state index in [1.54, 1.807) is 12.3 Å². The third-order valence-corrected chi connectivity index (χ3v) is 4.48. The van der Waals surface area contributed by atoms with Crippen molar-refractivity contribution in [2.24, 2.45) is 0 Å². The Morgan fingerprint density at radius 3 is 3.08 bits per heavy atom. The summed E-state index contributed by atoms with van der Waals surface area (Å²) in [6.07, 6.45) is 4.44. The summed E-state index contributed by atoms with van der Waals surface area (Å²) >= 11 is 0. The third-order valence-electron chi connectivity index (χ3n) is 4.48. The first-order valence-electron chi connectivity index (χ1n) is 8.12. The number of hydrogen-bond donors (Lipinski definition) is 1.